The van der Waals surface area contributed by atoms with E-state index in [1.807, 2.05) is 6.92 Å². The van der Waals surface area contributed by atoms with E-state index in [0.717, 1.165) is 5.69 Å². The number of nitrogens with zero attached hydrogens (tertiary/aromatic N) is 2. The molecule has 0 aliphatic carbocycles. The van der Waals surface area contributed by atoms with Crippen molar-refractivity contribution in [1.82, 2.24) is 9.78 Å². The monoisotopic (exact) mass is 157 g/mol. The maximum absolute atomic E-state index is 11.9. The lowest BCUT2D eigenvalue weighted by Gasteiger charge is -2.07. The molecule has 1 heterocycles. The van der Waals surface area contributed by atoms with Crippen LogP contribution < -0.4 is 5.73 Å². The van der Waals surface area contributed by atoms with Gasteiger partial charge in [0.15, 0.2) is 0 Å². The molecule has 1 rings (SSSR count). The molecule has 0 saturated carbocycles. The van der Waals surface area contributed by atoms with Crippen LogP contribution >= 0.6 is 0 Å². The van der Waals surface area contributed by atoms with Crippen LogP contribution in [0.15, 0.2) is 12.3 Å². The Labute approximate surface area is 65.0 Å². The molecule has 0 aromatic carbocycles. The third-order valence-electron chi connectivity index (χ3n) is 1.51. The van der Waals surface area contributed by atoms with E-state index in [2.05, 4.69) is 5.10 Å². The van der Waals surface area contributed by atoms with Crippen LogP contribution in [0.2, 0.25) is 0 Å². The van der Waals surface area contributed by atoms with Crippen molar-refractivity contribution in [2.75, 3.05) is 6.67 Å². The average molecular weight is 157 g/mol. The number of rotatable bonds is 3. The average Bonchev–Trinajstić information content (AvgIpc) is 2.36. The summed E-state index contributed by atoms with van der Waals surface area (Å²) in [7, 11) is 0. The van der Waals surface area contributed by atoms with Crippen LogP contribution in [-0.2, 0) is 6.54 Å². The molecule has 4 heteroatoms. The summed E-state index contributed by atoms with van der Waals surface area (Å²) in [5.41, 5.74) is 6.48. The summed E-state index contributed by atoms with van der Waals surface area (Å²) in [6, 6.07) is 1.73. The van der Waals surface area contributed by atoms with Gasteiger partial charge in [-0.05, 0) is 13.0 Å². The van der Waals surface area contributed by atoms with E-state index in [0.29, 0.717) is 6.54 Å². The quantitative estimate of drug-likeness (QED) is 0.707. The molecule has 0 saturated heterocycles. The summed E-state index contributed by atoms with van der Waals surface area (Å²) < 4.78 is 13.5. The van der Waals surface area contributed by atoms with Crippen LogP contribution in [0.1, 0.15) is 18.7 Å². The van der Waals surface area contributed by atoms with Crippen LogP contribution in [-0.4, -0.2) is 16.5 Å². The third-order valence-corrected chi connectivity index (χ3v) is 1.51. The highest BCUT2D eigenvalue weighted by atomic mass is 19.1. The maximum Gasteiger partial charge on any atom is 0.109 e. The van der Waals surface area contributed by atoms with Gasteiger partial charge in [0.25, 0.3) is 0 Å². The second kappa shape index (κ2) is 3.48. The largest absolute Gasteiger partial charge is 0.323 e. The molecule has 0 amide bonds. The van der Waals surface area contributed by atoms with Crippen LogP contribution in [0, 0.1) is 0 Å². The third kappa shape index (κ3) is 1.77. The molecular formula is C7H12FN3. The first-order chi connectivity index (χ1) is 5.25. The summed E-state index contributed by atoms with van der Waals surface area (Å²) in [6.45, 7) is 1.75. The van der Waals surface area contributed by atoms with Gasteiger partial charge in [-0.2, -0.15) is 5.10 Å². The zero-order chi connectivity index (χ0) is 8.27. The molecule has 0 radical (unpaired) electrons. The van der Waals surface area contributed by atoms with Crippen molar-refractivity contribution in [3.63, 3.8) is 0 Å². The zero-order valence-electron chi connectivity index (χ0n) is 6.50. The van der Waals surface area contributed by atoms with Gasteiger partial charge in [0, 0.05) is 12.2 Å². The van der Waals surface area contributed by atoms with Gasteiger partial charge in [-0.1, -0.05) is 0 Å². The number of hydrogen-bond acceptors (Lipinski definition) is 2. The van der Waals surface area contributed by atoms with Crippen molar-refractivity contribution in [3.8, 4) is 0 Å². The highest BCUT2D eigenvalue weighted by molar-refractivity contribution is 5.04. The van der Waals surface area contributed by atoms with E-state index >= 15 is 0 Å². The highest BCUT2D eigenvalue weighted by Crippen LogP contribution is 2.07. The molecule has 2 N–H and O–H groups in total. The minimum absolute atomic E-state index is 0.0796. The molecule has 11 heavy (non-hydrogen) atoms. The summed E-state index contributed by atoms with van der Waals surface area (Å²) in [6.07, 6.45) is 1.63. The molecule has 1 atom stereocenters. The Kier molecular flexibility index (Phi) is 2.59. The fourth-order valence-electron chi connectivity index (χ4n) is 0.997. The van der Waals surface area contributed by atoms with E-state index in [-0.39, 0.29) is 6.04 Å². The van der Waals surface area contributed by atoms with Crippen molar-refractivity contribution in [2.45, 2.75) is 19.5 Å². The van der Waals surface area contributed by atoms with Gasteiger partial charge in [-0.3, -0.25) is 4.68 Å². The molecule has 0 spiro atoms. The Morgan fingerprint density at radius 2 is 2.55 bits per heavy atom. The molecule has 1 aromatic rings. The van der Waals surface area contributed by atoms with Gasteiger partial charge in [0.2, 0.25) is 0 Å². The molecule has 1 aromatic heterocycles. The molecule has 62 valence electrons. The van der Waals surface area contributed by atoms with Gasteiger partial charge >= 0.3 is 0 Å². The van der Waals surface area contributed by atoms with Gasteiger partial charge in [-0.25, -0.2) is 4.39 Å². The van der Waals surface area contributed by atoms with E-state index in [4.69, 9.17) is 5.73 Å². The Balaban J connectivity index is 2.78. The second-order valence-electron chi connectivity index (χ2n) is 2.46. The van der Waals surface area contributed by atoms with Crippen molar-refractivity contribution < 1.29 is 4.39 Å². The van der Waals surface area contributed by atoms with Gasteiger partial charge in [0.05, 0.1) is 12.2 Å². The first-order valence-corrected chi connectivity index (χ1v) is 3.59. The van der Waals surface area contributed by atoms with Gasteiger partial charge in [0.1, 0.15) is 6.67 Å². The Bertz CT molecular complexity index is 219. The lowest BCUT2D eigenvalue weighted by atomic mass is 10.2. The number of nitrogens with two attached hydrogens (primary N) is 1. The zero-order valence-corrected chi connectivity index (χ0v) is 6.50. The minimum atomic E-state index is -0.401. The maximum atomic E-state index is 11.9. The first-order valence-electron chi connectivity index (χ1n) is 3.59. The molecular weight excluding hydrogens is 145 g/mol. The van der Waals surface area contributed by atoms with Crippen LogP contribution in [0.25, 0.3) is 0 Å². The lowest BCUT2D eigenvalue weighted by Crippen LogP contribution is -2.14. The standard InChI is InChI=1S/C7H12FN3/c1-6(9)7-2-4-10-11(7)5-3-8/h2,4,6H,3,5,9H2,1H3. The van der Waals surface area contributed by atoms with Crippen molar-refractivity contribution >= 4 is 0 Å². The number of alkyl halides is 1. The number of aryl methyl sites for hydroxylation is 1. The Morgan fingerprint density at radius 1 is 1.82 bits per heavy atom. The summed E-state index contributed by atoms with van der Waals surface area (Å²) in [5.74, 6) is 0. The summed E-state index contributed by atoms with van der Waals surface area (Å²) in [5, 5.41) is 3.92. The SMILES string of the molecule is CC(N)c1ccnn1CCF. The van der Waals surface area contributed by atoms with E-state index < -0.39 is 6.67 Å². The van der Waals surface area contributed by atoms with Gasteiger partial charge in [-0.15, -0.1) is 0 Å². The van der Waals surface area contributed by atoms with E-state index in [1.54, 1.807) is 16.9 Å². The fourth-order valence-corrected chi connectivity index (χ4v) is 0.997. The van der Waals surface area contributed by atoms with Crippen LogP contribution in [0.5, 0.6) is 0 Å². The Morgan fingerprint density at radius 3 is 3.09 bits per heavy atom. The van der Waals surface area contributed by atoms with Crippen LogP contribution in [0.4, 0.5) is 4.39 Å². The second-order valence-corrected chi connectivity index (χ2v) is 2.46. The van der Waals surface area contributed by atoms with E-state index in [9.17, 15) is 4.39 Å². The van der Waals surface area contributed by atoms with Crippen molar-refractivity contribution in [3.05, 3.63) is 18.0 Å². The number of hydrogen-bond donors (Lipinski definition) is 1. The summed E-state index contributed by atoms with van der Waals surface area (Å²) in [4.78, 5) is 0. The number of aromatic nitrogens is 2. The van der Waals surface area contributed by atoms with Crippen LogP contribution in [0.3, 0.4) is 0 Å². The molecule has 1 unspecified atom stereocenters. The fraction of sp³-hybridized carbons (Fsp3) is 0.571. The minimum Gasteiger partial charge on any atom is -0.323 e. The Hall–Kier alpha value is -0.900. The van der Waals surface area contributed by atoms with E-state index in [1.165, 1.54) is 0 Å². The van der Waals surface area contributed by atoms with Crippen molar-refractivity contribution in [1.29, 1.82) is 0 Å². The molecule has 0 fully saturated rings. The lowest BCUT2D eigenvalue weighted by molar-refractivity contribution is 0.416. The molecule has 3 nitrogen and oxygen atoms in total. The van der Waals surface area contributed by atoms with Crippen molar-refractivity contribution in [2.24, 2.45) is 5.73 Å². The smallest absolute Gasteiger partial charge is 0.109 e. The molecule has 0 aliphatic heterocycles. The molecule has 0 aliphatic rings. The predicted octanol–water partition coefficient (Wildman–Crippen LogP) is 0.872. The summed E-state index contributed by atoms with van der Waals surface area (Å²) >= 11 is 0. The topological polar surface area (TPSA) is 43.8 Å². The predicted molar refractivity (Wildman–Crippen MR) is 40.8 cm³/mol. The number of halogens is 1. The first kappa shape index (κ1) is 8.20. The normalized spacial score (nSPS) is 13.4. The molecule has 0 bridgehead atoms. The highest BCUT2D eigenvalue weighted by Gasteiger charge is 2.05. The van der Waals surface area contributed by atoms with Gasteiger partial charge < -0.3 is 5.73 Å².